The normalized spacial score (nSPS) is 19.7. The van der Waals surface area contributed by atoms with Gasteiger partial charge in [-0.25, -0.2) is 8.42 Å². The monoisotopic (exact) mass is 329 g/mol. The molecule has 0 radical (unpaired) electrons. The van der Waals surface area contributed by atoms with Gasteiger partial charge in [0.1, 0.15) is 12.4 Å². The highest BCUT2D eigenvalue weighted by atomic mass is 32.2. The molecule has 2 aromatic carbocycles. The van der Waals surface area contributed by atoms with Crippen LogP contribution in [0.4, 0.5) is 11.4 Å². The quantitative estimate of drug-likeness (QED) is 0.901. The van der Waals surface area contributed by atoms with Crippen LogP contribution in [0.5, 0.6) is 5.75 Å². The Bertz CT molecular complexity index is 875. The molecule has 1 atom stereocenters. The van der Waals surface area contributed by atoms with E-state index in [4.69, 9.17) is 4.74 Å². The van der Waals surface area contributed by atoms with Crippen molar-refractivity contribution < 1.29 is 13.2 Å². The largest absolute Gasteiger partial charge is 0.487 e. The minimum absolute atomic E-state index is 0.166. The fraction of sp³-hybridized carbons (Fsp3) is 0.188. The lowest BCUT2D eigenvalue weighted by Crippen LogP contribution is -2.42. The van der Waals surface area contributed by atoms with E-state index in [1.807, 2.05) is 30.3 Å². The topological polar surface area (TPSA) is 91.2 Å². The van der Waals surface area contributed by atoms with Gasteiger partial charge in [0.15, 0.2) is 5.54 Å². The second-order valence-corrected chi connectivity index (χ2v) is 7.13. The molecular weight excluding hydrogens is 314 g/mol. The van der Waals surface area contributed by atoms with E-state index in [2.05, 4.69) is 16.1 Å². The second-order valence-electron chi connectivity index (χ2n) is 5.38. The molecule has 6 nitrogen and oxygen atoms in total. The highest BCUT2D eigenvalue weighted by Gasteiger charge is 2.37. The second kappa shape index (κ2) is 5.48. The number of rotatable bonds is 3. The number of ether oxygens (including phenoxy) is 1. The van der Waals surface area contributed by atoms with Crippen molar-refractivity contribution in [3.05, 3.63) is 54.1 Å². The molecular formula is C16H15N3O3S. The van der Waals surface area contributed by atoms with Crippen molar-refractivity contribution in [2.75, 3.05) is 22.9 Å². The van der Waals surface area contributed by atoms with Gasteiger partial charge in [-0.2, -0.15) is 5.26 Å². The van der Waals surface area contributed by atoms with E-state index in [0.29, 0.717) is 17.1 Å². The Hall–Kier alpha value is -2.72. The van der Waals surface area contributed by atoms with Gasteiger partial charge in [0.05, 0.1) is 23.7 Å². The first kappa shape index (κ1) is 15.2. The number of nitrogens with one attached hydrogen (secondary N) is 2. The van der Waals surface area contributed by atoms with E-state index in [1.54, 1.807) is 18.2 Å². The van der Waals surface area contributed by atoms with Gasteiger partial charge >= 0.3 is 0 Å². The molecule has 0 spiro atoms. The number of benzene rings is 2. The van der Waals surface area contributed by atoms with Crippen LogP contribution in [0.15, 0.2) is 48.5 Å². The van der Waals surface area contributed by atoms with Crippen molar-refractivity contribution in [1.82, 2.24) is 0 Å². The van der Waals surface area contributed by atoms with Crippen LogP contribution in [-0.2, 0) is 15.6 Å². The fourth-order valence-electron chi connectivity index (χ4n) is 2.49. The third-order valence-electron chi connectivity index (χ3n) is 3.53. The molecule has 0 saturated carbocycles. The van der Waals surface area contributed by atoms with Crippen molar-refractivity contribution in [2.45, 2.75) is 5.54 Å². The lowest BCUT2D eigenvalue weighted by molar-refractivity contribution is 0.253. The molecule has 0 fully saturated rings. The van der Waals surface area contributed by atoms with Crippen molar-refractivity contribution in [3.8, 4) is 11.8 Å². The molecule has 2 N–H and O–H groups in total. The highest BCUT2D eigenvalue weighted by molar-refractivity contribution is 7.92. The molecule has 2 aromatic rings. The van der Waals surface area contributed by atoms with Gasteiger partial charge in [-0.15, -0.1) is 0 Å². The van der Waals surface area contributed by atoms with Crippen LogP contribution in [0, 0.1) is 11.3 Å². The molecule has 1 aliphatic rings. The van der Waals surface area contributed by atoms with E-state index < -0.39 is 15.6 Å². The molecule has 1 aliphatic heterocycles. The molecule has 0 aromatic heterocycles. The van der Waals surface area contributed by atoms with Crippen LogP contribution >= 0.6 is 0 Å². The van der Waals surface area contributed by atoms with Gasteiger partial charge in [-0.05, 0) is 23.8 Å². The van der Waals surface area contributed by atoms with Crippen molar-refractivity contribution in [2.24, 2.45) is 0 Å². The van der Waals surface area contributed by atoms with Crippen LogP contribution in [0.25, 0.3) is 0 Å². The molecule has 0 bridgehead atoms. The average Bonchev–Trinajstić information content (AvgIpc) is 2.53. The Morgan fingerprint density at radius 3 is 2.65 bits per heavy atom. The molecule has 3 rings (SSSR count). The molecule has 0 amide bonds. The summed E-state index contributed by atoms with van der Waals surface area (Å²) in [5.74, 6) is 0.575. The summed E-state index contributed by atoms with van der Waals surface area (Å²) in [7, 11) is -3.37. The van der Waals surface area contributed by atoms with Crippen molar-refractivity contribution in [1.29, 1.82) is 5.26 Å². The Labute approximate surface area is 134 Å². The van der Waals surface area contributed by atoms with Gasteiger partial charge in [-0.1, -0.05) is 30.3 Å². The number of nitrogens with zero attached hydrogens (tertiary/aromatic N) is 1. The number of hydrogen-bond donors (Lipinski definition) is 2. The van der Waals surface area contributed by atoms with Crippen LogP contribution in [0.2, 0.25) is 0 Å². The summed E-state index contributed by atoms with van der Waals surface area (Å²) in [4.78, 5) is 0. The molecule has 1 heterocycles. The zero-order chi connectivity index (χ0) is 16.5. The van der Waals surface area contributed by atoms with Crippen molar-refractivity contribution >= 4 is 21.4 Å². The molecule has 118 valence electrons. The first-order chi connectivity index (χ1) is 10.9. The maximum absolute atomic E-state index is 11.4. The summed E-state index contributed by atoms with van der Waals surface area (Å²) in [6, 6.07) is 16.5. The van der Waals surface area contributed by atoms with E-state index in [9.17, 15) is 13.7 Å². The summed E-state index contributed by atoms with van der Waals surface area (Å²) in [5.41, 5.74) is 0.743. The third-order valence-corrected chi connectivity index (χ3v) is 4.14. The lowest BCUT2D eigenvalue weighted by Gasteiger charge is -2.34. The maximum atomic E-state index is 11.4. The van der Waals surface area contributed by atoms with E-state index in [0.717, 1.165) is 11.8 Å². The van der Waals surface area contributed by atoms with Crippen molar-refractivity contribution in [3.63, 3.8) is 0 Å². The van der Waals surface area contributed by atoms with Gasteiger partial charge in [0, 0.05) is 0 Å². The summed E-state index contributed by atoms with van der Waals surface area (Å²) < 4.78 is 30.8. The standard InChI is InChI=1S/C16H15N3O3S/c1-23(20,21)19-13-7-8-15-14(9-13)18-16(10-17,11-22-15)12-5-3-2-4-6-12/h2-9,18-19H,11H2,1H3. The van der Waals surface area contributed by atoms with Crippen LogP contribution in [0.3, 0.4) is 0 Å². The SMILES string of the molecule is CS(=O)(=O)Nc1ccc2c(c1)NC(C#N)(c1ccccc1)CO2. The predicted octanol–water partition coefficient (Wildman–Crippen LogP) is 2.28. The number of fused-ring (bicyclic) bond motifs is 1. The minimum atomic E-state index is -3.37. The highest BCUT2D eigenvalue weighted by Crippen LogP contribution is 2.38. The van der Waals surface area contributed by atoms with Gasteiger partial charge in [-0.3, -0.25) is 4.72 Å². The van der Waals surface area contributed by atoms with Crippen LogP contribution in [0.1, 0.15) is 5.56 Å². The Morgan fingerprint density at radius 1 is 1.26 bits per heavy atom. The summed E-state index contributed by atoms with van der Waals surface area (Å²) in [6.07, 6.45) is 1.08. The third kappa shape index (κ3) is 3.07. The predicted molar refractivity (Wildman–Crippen MR) is 87.8 cm³/mol. The fourth-order valence-corrected chi connectivity index (χ4v) is 3.04. The smallest absolute Gasteiger partial charge is 0.229 e. The first-order valence-corrected chi connectivity index (χ1v) is 8.81. The maximum Gasteiger partial charge on any atom is 0.229 e. The van der Waals surface area contributed by atoms with E-state index in [-0.39, 0.29) is 6.61 Å². The number of sulfonamides is 1. The number of nitriles is 1. The zero-order valence-electron chi connectivity index (χ0n) is 12.4. The van der Waals surface area contributed by atoms with Gasteiger partial charge in [0.25, 0.3) is 0 Å². The molecule has 0 saturated heterocycles. The zero-order valence-corrected chi connectivity index (χ0v) is 13.2. The van der Waals surface area contributed by atoms with Crippen LogP contribution < -0.4 is 14.8 Å². The molecule has 0 aliphatic carbocycles. The van der Waals surface area contributed by atoms with E-state index >= 15 is 0 Å². The molecule has 1 unspecified atom stereocenters. The summed E-state index contributed by atoms with van der Waals surface area (Å²) in [6.45, 7) is 0.166. The van der Waals surface area contributed by atoms with E-state index in [1.165, 1.54) is 0 Å². The number of hydrogen-bond acceptors (Lipinski definition) is 5. The molecule has 23 heavy (non-hydrogen) atoms. The Morgan fingerprint density at radius 2 is 2.00 bits per heavy atom. The minimum Gasteiger partial charge on any atom is -0.487 e. The lowest BCUT2D eigenvalue weighted by atomic mass is 9.90. The summed E-state index contributed by atoms with van der Waals surface area (Å²) in [5, 5.41) is 12.9. The Balaban J connectivity index is 1.99. The van der Waals surface area contributed by atoms with Crippen LogP contribution in [-0.4, -0.2) is 21.3 Å². The number of anilines is 2. The van der Waals surface area contributed by atoms with Gasteiger partial charge in [0.2, 0.25) is 10.0 Å². The Kier molecular flexibility index (Phi) is 3.62. The first-order valence-electron chi connectivity index (χ1n) is 6.91. The van der Waals surface area contributed by atoms with Gasteiger partial charge < -0.3 is 10.1 Å². The average molecular weight is 329 g/mol. The molecule has 7 heteroatoms. The summed E-state index contributed by atoms with van der Waals surface area (Å²) >= 11 is 0.